The molecule has 25 heavy (non-hydrogen) atoms. The van der Waals surface area contributed by atoms with E-state index in [9.17, 15) is 18.0 Å². The van der Waals surface area contributed by atoms with Gasteiger partial charge in [0.1, 0.15) is 12.3 Å². The van der Waals surface area contributed by atoms with Crippen LogP contribution in [0.4, 0.5) is 5.69 Å². The van der Waals surface area contributed by atoms with E-state index < -0.39 is 10.0 Å². The summed E-state index contributed by atoms with van der Waals surface area (Å²) >= 11 is 0. The Labute approximate surface area is 148 Å². The van der Waals surface area contributed by atoms with Gasteiger partial charge in [-0.25, -0.2) is 8.42 Å². The number of ether oxygens (including phenoxy) is 1. The number of carbonyl (C=O) groups is 2. The fraction of sp³-hybridized carbons (Fsp3) is 0.500. The molecule has 1 fully saturated rings. The van der Waals surface area contributed by atoms with Crippen molar-refractivity contribution in [2.75, 3.05) is 49.9 Å². The average Bonchev–Trinajstić information content (AvgIpc) is 2.60. The molecule has 2 rings (SSSR count). The highest BCUT2D eigenvalue weighted by atomic mass is 32.2. The monoisotopic (exact) mass is 369 g/mol. The van der Waals surface area contributed by atoms with E-state index >= 15 is 0 Å². The lowest BCUT2D eigenvalue weighted by atomic mass is 10.3. The molecule has 138 valence electrons. The number of anilines is 1. The number of piperazine rings is 1. The van der Waals surface area contributed by atoms with Crippen LogP contribution in [0.15, 0.2) is 24.3 Å². The zero-order chi connectivity index (χ0) is 18.4. The van der Waals surface area contributed by atoms with Crippen LogP contribution in [0.3, 0.4) is 0 Å². The molecular formula is C16H23N3O5S. The van der Waals surface area contributed by atoms with Crippen LogP contribution >= 0.6 is 0 Å². The van der Waals surface area contributed by atoms with Crippen molar-refractivity contribution in [3.63, 3.8) is 0 Å². The van der Waals surface area contributed by atoms with E-state index in [1.54, 1.807) is 34.1 Å². The number of carbonyl (C=O) groups excluding carboxylic acids is 2. The first-order valence-corrected chi connectivity index (χ1v) is 9.87. The molecule has 0 spiro atoms. The molecule has 0 atom stereocenters. The third-order valence-electron chi connectivity index (χ3n) is 3.93. The molecule has 1 heterocycles. The predicted molar refractivity (Wildman–Crippen MR) is 94.0 cm³/mol. The SMILES string of the molecule is CCOc1ccc(N(CC(=O)N2CCN(C=O)CC2)S(C)(=O)=O)cc1. The van der Waals surface area contributed by atoms with Gasteiger partial charge in [0.2, 0.25) is 22.3 Å². The zero-order valence-electron chi connectivity index (χ0n) is 14.4. The van der Waals surface area contributed by atoms with E-state index in [1.807, 2.05) is 6.92 Å². The molecule has 1 aliphatic rings. The lowest BCUT2D eigenvalue weighted by Crippen LogP contribution is -2.51. The molecule has 0 aromatic heterocycles. The van der Waals surface area contributed by atoms with Crippen molar-refractivity contribution < 1.29 is 22.7 Å². The fourth-order valence-corrected chi connectivity index (χ4v) is 3.42. The summed E-state index contributed by atoms with van der Waals surface area (Å²) in [5.74, 6) is 0.348. The summed E-state index contributed by atoms with van der Waals surface area (Å²) in [5.41, 5.74) is 0.408. The van der Waals surface area contributed by atoms with Gasteiger partial charge in [-0.3, -0.25) is 13.9 Å². The van der Waals surface area contributed by atoms with Crippen LogP contribution in [0, 0.1) is 0 Å². The normalized spacial score (nSPS) is 15.0. The predicted octanol–water partition coefficient (Wildman–Crippen LogP) is 0.152. The number of rotatable bonds is 7. The molecule has 1 aromatic carbocycles. The van der Waals surface area contributed by atoms with Crippen molar-refractivity contribution >= 4 is 28.0 Å². The Morgan fingerprint density at radius 1 is 1.20 bits per heavy atom. The van der Waals surface area contributed by atoms with Crippen molar-refractivity contribution in [1.82, 2.24) is 9.80 Å². The maximum absolute atomic E-state index is 12.5. The van der Waals surface area contributed by atoms with Crippen molar-refractivity contribution in [3.8, 4) is 5.75 Å². The summed E-state index contributed by atoms with van der Waals surface area (Å²) in [6.45, 7) is 3.82. The van der Waals surface area contributed by atoms with Gasteiger partial charge in [0.05, 0.1) is 18.6 Å². The molecule has 8 nitrogen and oxygen atoms in total. The minimum absolute atomic E-state index is 0.270. The summed E-state index contributed by atoms with van der Waals surface area (Å²) in [7, 11) is -3.61. The van der Waals surface area contributed by atoms with Crippen LogP contribution in [0.25, 0.3) is 0 Å². The van der Waals surface area contributed by atoms with Crippen LogP contribution in [-0.4, -0.2) is 76.1 Å². The van der Waals surface area contributed by atoms with Gasteiger partial charge in [0.15, 0.2) is 0 Å². The summed E-state index contributed by atoms with van der Waals surface area (Å²) in [6, 6.07) is 6.57. The van der Waals surface area contributed by atoms with Crippen LogP contribution in [0.1, 0.15) is 6.92 Å². The molecule has 0 saturated carbocycles. The highest BCUT2D eigenvalue weighted by Gasteiger charge is 2.26. The summed E-state index contributed by atoms with van der Waals surface area (Å²) < 4.78 is 30.7. The van der Waals surface area contributed by atoms with Crippen LogP contribution in [0.5, 0.6) is 5.75 Å². The fourth-order valence-electron chi connectivity index (χ4n) is 2.57. The highest BCUT2D eigenvalue weighted by Crippen LogP contribution is 2.22. The lowest BCUT2D eigenvalue weighted by molar-refractivity contribution is -0.133. The average molecular weight is 369 g/mol. The summed E-state index contributed by atoms with van der Waals surface area (Å²) in [4.78, 5) is 26.4. The maximum Gasteiger partial charge on any atom is 0.243 e. The second-order valence-electron chi connectivity index (χ2n) is 5.72. The zero-order valence-corrected chi connectivity index (χ0v) is 15.2. The van der Waals surface area contributed by atoms with Gasteiger partial charge >= 0.3 is 0 Å². The molecule has 0 radical (unpaired) electrons. The van der Waals surface area contributed by atoms with Gasteiger partial charge in [-0.2, -0.15) is 0 Å². The highest BCUT2D eigenvalue weighted by molar-refractivity contribution is 7.92. The summed E-state index contributed by atoms with van der Waals surface area (Å²) in [6.07, 6.45) is 1.83. The first-order valence-electron chi connectivity index (χ1n) is 8.03. The van der Waals surface area contributed by atoms with Crippen molar-refractivity contribution in [3.05, 3.63) is 24.3 Å². The topological polar surface area (TPSA) is 87.2 Å². The Bertz CT molecular complexity index is 697. The van der Waals surface area contributed by atoms with Crippen molar-refractivity contribution in [1.29, 1.82) is 0 Å². The van der Waals surface area contributed by atoms with Gasteiger partial charge in [-0.15, -0.1) is 0 Å². The second kappa shape index (κ2) is 8.19. The minimum Gasteiger partial charge on any atom is -0.494 e. The number of hydrogen-bond acceptors (Lipinski definition) is 5. The first-order chi connectivity index (χ1) is 11.8. The smallest absolute Gasteiger partial charge is 0.243 e. The van der Waals surface area contributed by atoms with Crippen molar-refractivity contribution in [2.24, 2.45) is 0 Å². The Morgan fingerprint density at radius 3 is 2.28 bits per heavy atom. The largest absolute Gasteiger partial charge is 0.494 e. The van der Waals surface area contributed by atoms with E-state index in [0.29, 0.717) is 44.2 Å². The second-order valence-corrected chi connectivity index (χ2v) is 7.63. The Kier molecular flexibility index (Phi) is 6.24. The lowest BCUT2D eigenvalue weighted by Gasteiger charge is -2.34. The molecule has 1 aromatic rings. The maximum atomic E-state index is 12.5. The van der Waals surface area contributed by atoms with Gasteiger partial charge < -0.3 is 14.5 Å². The molecule has 0 bridgehead atoms. The molecular weight excluding hydrogens is 346 g/mol. The number of hydrogen-bond donors (Lipinski definition) is 0. The third kappa shape index (κ3) is 5.09. The van der Waals surface area contributed by atoms with Gasteiger partial charge in [-0.1, -0.05) is 0 Å². The molecule has 1 aliphatic heterocycles. The van der Waals surface area contributed by atoms with E-state index in [0.717, 1.165) is 17.0 Å². The Balaban J connectivity index is 2.10. The Hall–Kier alpha value is -2.29. The van der Waals surface area contributed by atoms with Gasteiger partial charge in [0.25, 0.3) is 0 Å². The molecule has 1 saturated heterocycles. The first kappa shape index (κ1) is 19.0. The molecule has 2 amide bonds. The standard InChI is InChI=1S/C16H23N3O5S/c1-3-24-15-6-4-14(5-7-15)19(25(2,22)23)12-16(21)18-10-8-17(13-20)9-11-18/h4-7,13H,3,8-12H2,1-2H3. The van der Waals surface area contributed by atoms with Crippen LogP contribution in [0.2, 0.25) is 0 Å². The van der Waals surface area contributed by atoms with Crippen molar-refractivity contribution in [2.45, 2.75) is 6.92 Å². The molecule has 0 N–H and O–H groups in total. The number of nitrogens with zero attached hydrogens (tertiary/aromatic N) is 3. The van der Waals surface area contributed by atoms with E-state index in [1.165, 1.54) is 0 Å². The van der Waals surface area contributed by atoms with Gasteiger partial charge in [0, 0.05) is 26.2 Å². The molecule has 9 heteroatoms. The Morgan fingerprint density at radius 2 is 1.80 bits per heavy atom. The number of benzene rings is 1. The minimum atomic E-state index is -3.61. The molecule has 0 unspecified atom stereocenters. The number of amides is 2. The van der Waals surface area contributed by atoms with E-state index in [2.05, 4.69) is 0 Å². The van der Waals surface area contributed by atoms with Crippen LogP contribution < -0.4 is 9.04 Å². The van der Waals surface area contributed by atoms with Gasteiger partial charge in [-0.05, 0) is 31.2 Å². The van der Waals surface area contributed by atoms with E-state index in [4.69, 9.17) is 4.74 Å². The molecule has 0 aliphatic carbocycles. The summed E-state index contributed by atoms with van der Waals surface area (Å²) in [5, 5.41) is 0. The quantitative estimate of drug-likeness (QED) is 0.639. The van der Waals surface area contributed by atoms with Crippen LogP contribution in [-0.2, 0) is 19.6 Å². The third-order valence-corrected chi connectivity index (χ3v) is 5.07. The number of sulfonamides is 1. The van der Waals surface area contributed by atoms with E-state index in [-0.39, 0.29) is 12.5 Å².